The van der Waals surface area contributed by atoms with E-state index in [1.54, 1.807) is 30.3 Å². The number of carbonyl (C=O) groups excluding carboxylic acids is 2. The molecule has 0 radical (unpaired) electrons. The normalized spacial score (nSPS) is 13.5. The first-order valence-corrected chi connectivity index (χ1v) is 6.55. The summed E-state index contributed by atoms with van der Waals surface area (Å²) in [4.78, 5) is 29.5. The number of nitrogens with zero attached hydrogens (tertiary/aromatic N) is 1. The molecule has 2 aromatic rings. The molecule has 112 valence electrons. The Kier molecular flexibility index (Phi) is 3.60. The highest BCUT2D eigenvalue weighted by atomic mass is 19.1. The predicted octanol–water partition coefficient (Wildman–Crippen LogP) is 2.56. The summed E-state index contributed by atoms with van der Waals surface area (Å²) in [7, 11) is 1.40. The topological polar surface area (TPSA) is 55.8 Å². The van der Waals surface area contributed by atoms with Crippen LogP contribution < -0.4 is 4.74 Å². The first-order valence-electron chi connectivity index (χ1n) is 6.55. The summed E-state index contributed by atoms with van der Waals surface area (Å²) in [6.45, 7) is -0.290. The molecule has 5 nitrogen and oxygen atoms in total. The van der Waals surface area contributed by atoms with Crippen LogP contribution >= 0.6 is 0 Å². The highest BCUT2D eigenvalue weighted by Gasteiger charge is 2.36. The van der Waals surface area contributed by atoms with E-state index in [-0.39, 0.29) is 29.0 Å². The minimum Gasteiger partial charge on any atom is -0.496 e. The lowest BCUT2D eigenvalue weighted by Crippen LogP contribution is -2.30. The quantitative estimate of drug-likeness (QED) is 0.814. The van der Waals surface area contributed by atoms with Crippen molar-refractivity contribution in [2.45, 2.75) is 6.61 Å². The number of halogens is 1. The van der Waals surface area contributed by atoms with Gasteiger partial charge in [0.25, 0.3) is 11.8 Å². The molecule has 22 heavy (non-hydrogen) atoms. The van der Waals surface area contributed by atoms with Gasteiger partial charge in [0, 0.05) is 0 Å². The largest absolute Gasteiger partial charge is 0.496 e. The third-order valence-corrected chi connectivity index (χ3v) is 3.39. The third-order valence-electron chi connectivity index (χ3n) is 3.39. The van der Waals surface area contributed by atoms with Crippen molar-refractivity contribution < 1.29 is 23.6 Å². The molecule has 0 aliphatic carbocycles. The van der Waals surface area contributed by atoms with Crippen LogP contribution in [0.25, 0.3) is 0 Å². The molecule has 2 aromatic carbocycles. The third kappa shape index (κ3) is 2.23. The van der Waals surface area contributed by atoms with E-state index < -0.39 is 17.6 Å². The number of methoxy groups -OCH3 is 1. The van der Waals surface area contributed by atoms with E-state index in [9.17, 15) is 14.0 Å². The van der Waals surface area contributed by atoms with Crippen LogP contribution in [0.1, 0.15) is 26.3 Å². The molecule has 0 saturated heterocycles. The Labute approximate surface area is 125 Å². The van der Waals surface area contributed by atoms with E-state index in [2.05, 4.69) is 0 Å². The van der Waals surface area contributed by atoms with Gasteiger partial charge in [0.05, 0.1) is 23.8 Å². The van der Waals surface area contributed by atoms with Gasteiger partial charge in [-0.1, -0.05) is 18.2 Å². The molecule has 0 unspecified atom stereocenters. The number of hydroxylamine groups is 2. The fraction of sp³-hybridized carbons (Fsp3) is 0.125. The van der Waals surface area contributed by atoms with E-state index in [1.165, 1.54) is 19.2 Å². The summed E-state index contributed by atoms with van der Waals surface area (Å²) in [6.07, 6.45) is 0. The van der Waals surface area contributed by atoms with Crippen LogP contribution in [0, 0.1) is 5.82 Å². The SMILES string of the molecule is COc1cccc(F)c1CON1C(=O)c2ccccc2C1=O. The van der Waals surface area contributed by atoms with Crippen LogP contribution in [0.2, 0.25) is 0 Å². The summed E-state index contributed by atoms with van der Waals surface area (Å²) in [5.41, 5.74) is 0.683. The zero-order chi connectivity index (χ0) is 15.7. The zero-order valence-corrected chi connectivity index (χ0v) is 11.7. The van der Waals surface area contributed by atoms with E-state index in [1.807, 2.05) is 0 Å². The van der Waals surface area contributed by atoms with Crippen LogP contribution in [0.15, 0.2) is 42.5 Å². The van der Waals surface area contributed by atoms with E-state index in [0.29, 0.717) is 5.06 Å². The molecule has 0 fully saturated rings. The van der Waals surface area contributed by atoms with Crippen LogP contribution in [0.3, 0.4) is 0 Å². The number of rotatable bonds is 4. The molecule has 6 heteroatoms. The van der Waals surface area contributed by atoms with Crippen molar-refractivity contribution in [1.82, 2.24) is 5.06 Å². The van der Waals surface area contributed by atoms with Crippen LogP contribution in [-0.2, 0) is 11.4 Å². The Morgan fingerprint density at radius 3 is 2.23 bits per heavy atom. The van der Waals surface area contributed by atoms with Crippen molar-refractivity contribution in [1.29, 1.82) is 0 Å². The van der Waals surface area contributed by atoms with Crippen LogP contribution in [0.4, 0.5) is 4.39 Å². The number of fused-ring (bicyclic) bond motifs is 1. The van der Waals surface area contributed by atoms with Gasteiger partial charge in [-0.3, -0.25) is 14.4 Å². The molecule has 0 spiro atoms. The molecule has 0 saturated carbocycles. The van der Waals surface area contributed by atoms with Gasteiger partial charge in [-0.05, 0) is 24.3 Å². The molecule has 1 heterocycles. The summed E-state index contributed by atoms with van der Waals surface area (Å²) < 4.78 is 18.9. The van der Waals surface area contributed by atoms with Gasteiger partial charge in [-0.2, -0.15) is 0 Å². The van der Waals surface area contributed by atoms with Crippen LogP contribution in [-0.4, -0.2) is 24.0 Å². The van der Waals surface area contributed by atoms with Gasteiger partial charge >= 0.3 is 0 Å². The average molecular weight is 301 g/mol. The Bertz CT molecular complexity index is 725. The molecule has 0 bridgehead atoms. The molecular formula is C16H12FNO4. The lowest BCUT2D eigenvalue weighted by Gasteiger charge is -2.15. The minimum atomic E-state index is -0.559. The Morgan fingerprint density at radius 2 is 1.64 bits per heavy atom. The standard InChI is InChI=1S/C16H12FNO4/c1-21-14-8-4-7-13(17)12(14)9-22-18-15(19)10-5-2-3-6-11(10)16(18)20/h2-8H,9H2,1H3. The monoisotopic (exact) mass is 301 g/mol. The van der Waals surface area contributed by atoms with Gasteiger partial charge in [-0.25, -0.2) is 4.39 Å². The number of ether oxygens (including phenoxy) is 1. The Balaban J connectivity index is 1.82. The second-order valence-corrected chi connectivity index (χ2v) is 4.64. The van der Waals surface area contributed by atoms with E-state index >= 15 is 0 Å². The summed E-state index contributed by atoms with van der Waals surface area (Å²) in [5.74, 6) is -1.36. The van der Waals surface area contributed by atoms with Crippen molar-refractivity contribution in [2.24, 2.45) is 0 Å². The smallest absolute Gasteiger partial charge is 0.285 e. The minimum absolute atomic E-state index is 0.140. The maximum atomic E-state index is 13.8. The Hall–Kier alpha value is -2.73. The van der Waals surface area contributed by atoms with Crippen LogP contribution in [0.5, 0.6) is 5.75 Å². The molecule has 0 atom stereocenters. The van der Waals surface area contributed by atoms with Gasteiger partial charge in [-0.15, -0.1) is 5.06 Å². The molecule has 0 aromatic heterocycles. The number of hydrogen-bond acceptors (Lipinski definition) is 4. The highest BCUT2D eigenvalue weighted by Crippen LogP contribution is 2.26. The lowest BCUT2D eigenvalue weighted by molar-refractivity contribution is -0.102. The summed E-state index contributed by atoms with van der Waals surface area (Å²) in [5, 5.41) is 0.649. The summed E-state index contributed by atoms with van der Waals surface area (Å²) in [6, 6.07) is 10.7. The average Bonchev–Trinajstić information content (AvgIpc) is 2.78. The van der Waals surface area contributed by atoms with Gasteiger partial charge < -0.3 is 4.74 Å². The second kappa shape index (κ2) is 5.57. The fourth-order valence-electron chi connectivity index (χ4n) is 2.28. The van der Waals surface area contributed by atoms with Crippen molar-refractivity contribution in [2.75, 3.05) is 7.11 Å². The van der Waals surface area contributed by atoms with Crippen molar-refractivity contribution in [3.05, 3.63) is 65.0 Å². The molecule has 3 rings (SSSR count). The highest BCUT2D eigenvalue weighted by molar-refractivity contribution is 6.20. The van der Waals surface area contributed by atoms with Gasteiger partial charge in [0.2, 0.25) is 0 Å². The predicted molar refractivity (Wildman–Crippen MR) is 74.7 cm³/mol. The number of carbonyl (C=O) groups is 2. The van der Waals surface area contributed by atoms with Crippen molar-refractivity contribution >= 4 is 11.8 Å². The second-order valence-electron chi connectivity index (χ2n) is 4.64. The zero-order valence-electron chi connectivity index (χ0n) is 11.7. The van der Waals surface area contributed by atoms with E-state index in [0.717, 1.165) is 0 Å². The molecule has 2 amide bonds. The Morgan fingerprint density at radius 1 is 1.00 bits per heavy atom. The number of imide groups is 1. The first-order chi connectivity index (χ1) is 10.6. The molecule has 1 aliphatic heterocycles. The number of amides is 2. The molecular weight excluding hydrogens is 289 g/mol. The van der Waals surface area contributed by atoms with Gasteiger partial charge in [0.15, 0.2) is 0 Å². The maximum Gasteiger partial charge on any atom is 0.285 e. The fourth-order valence-corrected chi connectivity index (χ4v) is 2.28. The summed E-state index contributed by atoms with van der Waals surface area (Å²) >= 11 is 0. The molecule has 0 N–H and O–H groups in total. The first kappa shape index (κ1) is 14.2. The van der Waals surface area contributed by atoms with E-state index in [4.69, 9.17) is 9.57 Å². The van der Waals surface area contributed by atoms with Gasteiger partial charge in [0.1, 0.15) is 18.2 Å². The molecule has 1 aliphatic rings. The van der Waals surface area contributed by atoms with Crippen molar-refractivity contribution in [3.63, 3.8) is 0 Å². The number of benzene rings is 2. The number of hydrogen-bond donors (Lipinski definition) is 0. The van der Waals surface area contributed by atoms with Crippen molar-refractivity contribution in [3.8, 4) is 5.75 Å². The maximum absolute atomic E-state index is 13.8. The lowest BCUT2D eigenvalue weighted by atomic mass is 10.1.